The number of benzene rings is 2. The highest BCUT2D eigenvalue weighted by atomic mass is 127. The summed E-state index contributed by atoms with van der Waals surface area (Å²) in [6.45, 7) is 0. The smallest absolute Gasteiger partial charge is 0.205 e. The number of hydrogen-bond acceptors (Lipinski definition) is 2. The molecule has 0 atom stereocenters. The Morgan fingerprint density at radius 3 is 1.90 bits per heavy atom. The van der Waals surface area contributed by atoms with Crippen LogP contribution in [0.4, 0.5) is 17.6 Å². The van der Waals surface area contributed by atoms with E-state index < -0.39 is 33.9 Å². The highest BCUT2D eigenvalue weighted by molar-refractivity contribution is 14.1. The van der Waals surface area contributed by atoms with Crippen molar-refractivity contribution < 1.29 is 22.3 Å². The molecular formula is C12H4F4I2OS. The molecule has 0 bridgehead atoms. The van der Waals surface area contributed by atoms with Gasteiger partial charge in [0.1, 0.15) is 5.75 Å². The fraction of sp³-hybridized carbons (Fsp3) is 0. The minimum atomic E-state index is -1.62. The maximum Gasteiger partial charge on any atom is 0.205 e. The van der Waals surface area contributed by atoms with Crippen molar-refractivity contribution >= 4 is 57.8 Å². The minimum absolute atomic E-state index is 0.0679. The van der Waals surface area contributed by atoms with Crippen LogP contribution >= 0.6 is 57.8 Å². The van der Waals surface area contributed by atoms with E-state index in [4.69, 9.17) is 4.74 Å². The third kappa shape index (κ3) is 3.01. The van der Waals surface area contributed by atoms with E-state index in [9.17, 15) is 17.6 Å². The number of hydrogen-bond donors (Lipinski definition) is 1. The van der Waals surface area contributed by atoms with Crippen molar-refractivity contribution in [1.82, 2.24) is 0 Å². The van der Waals surface area contributed by atoms with Crippen molar-refractivity contribution in [1.29, 1.82) is 0 Å². The molecule has 20 heavy (non-hydrogen) atoms. The Labute approximate surface area is 144 Å². The minimum Gasteiger partial charge on any atom is -0.451 e. The van der Waals surface area contributed by atoms with Gasteiger partial charge in [0, 0.05) is 7.14 Å². The monoisotopic (exact) mass is 526 g/mol. The van der Waals surface area contributed by atoms with Gasteiger partial charge >= 0.3 is 0 Å². The summed E-state index contributed by atoms with van der Waals surface area (Å²) in [5.41, 5.74) is 0. The molecule has 0 aromatic heterocycles. The first-order valence-electron chi connectivity index (χ1n) is 5.00. The molecule has 2 rings (SSSR count). The van der Waals surface area contributed by atoms with E-state index >= 15 is 0 Å². The van der Waals surface area contributed by atoms with Gasteiger partial charge in [-0.1, -0.05) is 0 Å². The number of thiol groups is 1. The number of ether oxygens (including phenoxy) is 1. The van der Waals surface area contributed by atoms with Crippen LogP contribution in [-0.2, 0) is 0 Å². The fourth-order valence-electron chi connectivity index (χ4n) is 1.35. The maximum atomic E-state index is 13.6. The molecular weight excluding hydrogens is 522 g/mol. The lowest BCUT2D eigenvalue weighted by Crippen LogP contribution is -2.02. The Morgan fingerprint density at radius 2 is 1.40 bits per heavy atom. The molecule has 0 spiro atoms. The molecule has 0 heterocycles. The van der Waals surface area contributed by atoms with Crippen LogP contribution in [0.15, 0.2) is 23.1 Å². The predicted octanol–water partition coefficient (Wildman–Crippen LogP) is 5.53. The zero-order chi connectivity index (χ0) is 15.0. The van der Waals surface area contributed by atoms with Crippen LogP contribution in [0.3, 0.4) is 0 Å². The van der Waals surface area contributed by atoms with Gasteiger partial charge in [0.25, 0.3) is 0 Å². The van der Waals surface area contributed by atoms with Crippen molar-refractivity contribution in [2.24, 2.45) is 0 Å². The Bertz CT molecular complexity index is 665. The number of halogens is 6. The molecule has 2 aromatic carbocycles. The first kappa shape index (κ1) is 16.1. The lowest BCUT2D eigenvalue weighted by atomic mass is 10.2. The first-order valence-corrected chi connectivity index (χ1v) is 7.61. The maximum absolute atomic E-state index is 13.6. The van der Waals surface area contributed by atoms with E-state index in [-0.39, 0.29) is 5.75 Å². The summed E-state index contributed by atoms with van der Waals surface area (Å²) in [5.74, 6) is -7.50. The van der Waals surface area contributed by atoms with Gasteiger partial charge in [0.2, 0.25) is 17.4 Å². The van der Waals surface area contributed by atoms with Gasteiger partial charge in [-0.05, 0) is 63.4 Å². The van der Waals surface area contributed by atoms with Crippen molar-refractivity contribution in [2.75, 3.05) is 0 Å². The second kappa shape index (κ2) is 6.26. The third-order valence-corrected chi connectivity index (χ3v) is 5.57. The van der Waals surface area contributed by atoms with E-state index in [0.29, 0.717) is 0 Å². The highest BCUT2D eigenvalue weighted by Crippen LogP contribution is 2.35. The molecule has 0 aliphatic rings. The number of rotatable bonds is 2. The molecule has 0 unspecified atom stereocenters. The molecule has 0 radical (unpaired) electrons. The predicted molar refractivity (Wildman–Crippen MR) is 85.5 cm³/mol. The van der Waals surface area contributed by atoms with E-state index in [1.54, 1.807) is 6.07 Å². The van der Waals surface area contributed by atoms with Crippen LogP contribution in [-0.4, -0.2) is 0 Å². The molecule has 2 aromatic rings. The SMILES string of the molecule is Fc1c(F)c(Oc2ccc(I)c(I)c2)c(F)c(F)c1S. The molecule has 106 valence electrons. The van der Waals surface area contributed by atoms with Gasteiger partial charge in [-0.15, -0.1) is 12.6 Å². The molecule has 0 aliphatic heterocycles. The van der Waals surface area contributed by atoms with Crippen LogP contribution in [0.25, 0.3) is 0 Å². The first-order chi connectivity index (χ1) is 9.32. The van der Waals surface area contributed by atoms with Gasteiger partial charge < -0.3 is 4.74 Å². The van der Waals surface area contributed by atoms with Crippen LogP contribution in [0, 0.1) is 30.4 Å². The molecule has 0 amide bonds. The van der Waals surface area contributed by atoms with Gasteiger partial charge in [-0.3, -0.25) is 0 Å². The summed E-state index contributed by atoms with van der Waals surface area (Å²) in [4.78, 5) is -1.02. The Kier molecular flexibility index (Phi) is 5.05. The van der Waals surface area contributed by atoms with Crippen LogP contribution < -0.4 is 4.74 Å². The zero-order valence-corrected chi connectivity index (χ0v) is 14.6. The second-order valence-corrected chi connectivity index (χ2v) is 6.38. The summed E-state index contributed by atoms with van der Waals surface area (Å²) in [5, 5.41) is 0. The largest absolute Gasteiger partial charge is 0.451 e. The molecule has 0 N–H and O–H groups in total. The van der Waals surface area contributed by atoms with Crippen molar-refractivity contribution in [3.8, 4) is 11.5 Å². The molecule has 0 saturated heterocycles. The van der Waals surface area contributed by atoms with E-state index in [2.05, 4.69) is 35.2 Å². The Balaban J connectivity index is 2.51. The highest BCUT2D eigenvalue weighted by Gasteiger charge is 2.25. The van der Waals surface area contributed by atoms with Crippen molar-refractivity contribution in [3.05, 3.63) is 48.6 Å². The molecule has 0 fully saturated rings. The van der Waals surface area contributed by atoms with Gasteiger partial charge in [0.15, 0.2) is 11.6 Å². The van der Waals surface area contributed by atoms with Crippen molar-refractivity contribution in [3.63, 3.8) is 0 Å². The van der Waals surface area contributed by atoms with Crippen LogP contribution in [0.2, 0.25) is 0 Å². The van der Waals surface area contributed by atoms with E-state index in [1.807, 2.05) is 22.6 Å². The van der Waals surface area contributed by atoms with E-state index in [1.165, 1.54) is 12.1 Å². The Hall–Kier alpha value is -0.230. The van der Waals surface area contributed by atoms with Gasteiger partial charge in [-0.2, -0.15) is 8.78 Å². The summed E-state index contributed by atoms with van der Waals surface area (Å²) in [6, 6.07) is 4.58. The van der Waals surface area contributed by atoms with Gasteiger partial charge in [0.05, 0.1) is 4.90 Å². The second-order valence-electron chi connectivity index (χ2n) is 3.61. The molecule has 1 nitrogen and oxygen atoms in total. The lowest BCUT2D eigenvalue weighted by Gasteiger charge is -2.11. The van der Waals surface area contributed by atoms with Gasteiger partial charge in [-0.25, -0.2) is 8.78 Å². The summed E-state index contributed by atoms with van der Waals surface area (Å²) < 4.78 is 60.5. The topological polar surface area (TPSA) is 9.23 Å². The van der Waals surface area contributed by atoms with Crippen LogP contribution in [0.1, 0.15) is 0 Å². The fourth-order valence-corrected chi connectivity index (χ4v) is 2.37. The van der Waals surface area contributed by atoms with Crippen LogP contribution in [0.5, 0.6) is 11.5 Å². The lowest BCUT2D eigenvalue weighted by molar-refractivity contribution is 0.353. The molecule has 8 heteroatoms. The summed E-state index contributed by atoms with van der Waals surface area (Å²) >= 11 is 7.42. The normalized spacial score (nSPS) is 10.8. The summed E-state index contributed by atoms with van der Waals surface area (Å²) in [6.07, 6.45) is 0. The quantitative estimate of drug-likeness (QED) is 0.235. The third-order valence-electron chi connectivity index (χ3n) is 2.31. The molecule has 0 aliphatic carbocycles. The molecule has 0 saturated carbocycles. The van der Waals surface area contributed by atoms with Crippen molar-refractivity contribution in [2.45, 2.75) is 4.90 Å². The van der Waals surface area contributed by atoms with E-state index in [0.717, 1.165) is 7.14 Å². The summed E-state index contributed by atoms with van der Waals surface area (Å²) in [7, 11) is 0. The zero-order valence-electron chi connectivity index (χ0n) is 9.36. The average molecular weight is 526 g/mol. The standard InChI is InChI=1S/C12H4F4I2OS/c13-7-9(15)12(20)10(16)8(14)11(7)19-4-1-2-5(17)6(18)3-4/h1-3,20H. The average Bonchev–Trinajstić information content (AvgIpc) is 2.43. The Morgan fingerprint density at radius 1 is 0.850 bits per heavy atom.